The monoisotopic (exact) mass is 534 g/mol. The van der Waals surface area contributed by atoms with Crippen LogP contribution in [0.1, 0.15) is 39.5 Å². The predicted octanol–water partition coefficient (Wildman–Crippen LogP) is 4.83. The van der Waals surface area contributed by atoms with Crippen LogP contribution in [0.15, 0.2) is 66.8 Å². The summed E-state index contributed by atoms with van der Waals surface area (Å²) < 4.78 is 16.0. The largest absolute Gasteiger partial charge is 0.507 e. The molecule has 0 spiro atoms. The maximum atomic E-state index is 13.4. The molecule has 1 atom stereocenters. The Balaban J connectivity index is 1.88. The molecular formula is C28H26N2O7S. The summed E-state index contributed by atoms with van der Waals surface area (Å²) in [5.41, 5.74) is 1.09. The number of esters is 1. The van der Waals surface area contributed by atoms with E-state index in [2.05, 4.69) is 11.6 Å². The van der Waals surface area contributed by atoms with Gasteiger partial charge in [0.2, 0.25) is 0 Å². The number of aliphatic hydroxyl groups excluding tert-OH is 1. The second-order valence-corrected chi connectivity index (χ2v) is 9.18. The lowest BCUT2D eigenvalue weighted by atomic mass is 9.95. The van der Waals surface area contributed by atoms with Crippen molar-refractivity contribution in [3.63, 3.8) is 0 Å². The number of aryl methyl sites for hydroxylation is 1. The summed E-state index contributed by atoms with van der Waals surface area (Å²) in [5, 5.41) is 11.4. The molecule has 1 aliphatic heterocycles. The van der Waals surface area contributed by atoms with Crippen LogP contribution in [0.25, 0.3) is 5.76 Å². The number of ketones is 1. The Kier molecular flexibility index (Phi) is 7.92. The number of nitrogens with zero attached hydrogens (tertiary/aromatic N) is 2. The minimum absolute atomic E-state index is 0.0160. The van der Waals surface area contributed by atoms with Gasteiger partial charge in [0.05, 0.1) is 31.0 Å². The molecule has 1 unspecified atom stereocenters. The molecule has 1 fully saturated rings. The number of methoxy groups -OCH3 is 1. The molecule has 0 saturated carbocycles. The van der Waals surface area contributed by atoms with Gasteiger partial charge in [-0.25, -0.2) is 9.78 Å². The first kappa shape index (κ1) is 26.6. The molecule has 0 aliphatic carbocycles. The van der Waals surface area contributed by atoms with Crippen molar-refractivity contribution in [3.05, 3.63) is 88.5 Å². The zero-order valence-electron chi connectivity index (χ0n) is 21.1. The standard InChI is InChI=1S/C28H26N2O7S/c1-5-14-37-27(34)25-16(3)29-28(38-25)30-22(18-8-7-9-20(15-18)36-6-2)21(24(32)26(30)33)23(31)17-10-12-19(35-4)13-11-17/h5,7-13,15,22,31H,1,6,14H2,2-4H3. The Hall–Kier alpha value is -4.44. The lowest BCUT2D eigenvalue weighted by Crippen LogP contribution is -2.29. The molecule has 2 heterocycles. The molecule has 1 saturated heterocycles. The molecule has 1 aliphatic rings. The third kappa shape index (κ3) is 5.03. The van der Waals surface area contributed by atoms with E-state index >= 15 is 0 Å². The summed E-state index contributed by atoms with van der Waals surface area (Å²) in [4.78, 5) is 45.2. The highest BCUT2D eigenvalue weighted by Gasteiger charge is 2.48. The average molecular weight is 535 g/mol. The molecule has 1 aromatic heterocycles. The van der Waals surface area contributed by atoms with Crippen LogP contribution >= 0.6 is 11.3 Å². The smallest absolute Gasteiger partial charge is 0.350 e. The van der Waals surface area contributed by atoms with Crippen molar-refractivity contribution >= 4 is 39.9 Å². The molecule has 4 rings (SSSR count). The zero-order valence-corrected chi connectivity index (χ0v) is 21.9. The zero-order chi connectivity index (χ0) is 27.4. The molecule has 196 valence electrons. The fraction of sp³-hybridized carbons (Fsp3) is 0.214. The van der Waals surface area contributed by atoms with E-state index in [-0.39, 0.29) is 27.9 Å². The van der Waals surface area contributed by atoms with E-state index in [1.165, 1.54) is 18.1 Å². The van der Waals surface area contributed by atoms with Crippen LogP contribution in [0.2, 0.25) is 0 Å². The van der Waals surface area contributed by atoms with Crippen molar-refractivity contribution in [3.8, 4) is 11.5 Å². The van der Waals surface area contributed by atoms with Crippen molar-refractivity contribution < 1.29 is 33.7 Å². The topological polar surface area (TPSA) is 115 Å². The number of amides is 1. The summed E-state index contributed by atoms with van der Waals surface area (Å²) >= 11 is 0.929. The predicted molar refractivity (Wildman–Crippen MR) is 143 cm³/mol. The van der Waals surface area contributed by atoms with Crippen LogP contribution in [0.4, 0.5) is 5.13 Å². The van der Waals surface area contributed by atoms with Gasteiger partial charge in [-0.15, -0.1) is 0 Å². The third-order valence-corrected chi connectivity index (χ3v) is 6.94. The number of ether oxygens (including phenoxy) is 3. The quantitative estimate of drug-likeness (QED) is 0.137. The first-order valence-electron chi connectivity index (χ1n) is 11.7. The molecular weight excluding hydrogens is 508 g/mol. The van der Waals surface area contributed by atoms with Crippen LogP contribution in [0, 0.1) is 6.92 Å². The van der Waals surface area contributed by atoms with E-state index in [0.29, 0.717) is 34.9 Å². The summed E-state index contributed by atoms with van der Waals surface area (Å²) in [5.74, 6) is -1.63. The van der Waals surface area contributed by atoms with Crippen LogP contribution in [0.3, 0.4) is 0 Å². The van der Waals surface area contributed by atoms with Gasteiger partial charge in [-0.3, -0.25) is 14.5 Å². The number of aromatic nitrogens is 1. The van der Waals surface area contributed by atoms with Crippen molar-refractivity contribution in [2.45, 2.75) is 19.9 Å². The summed E-state index contributed by atoms with van der Waals surface area (Å²) in [6, 6.07) is 12.4. The van der Waals surface area contributed by atoms with E-state index in [4.69, 9.17) is 14.2 Å². The molecule has 1 N–H and O–H groups in total. The van der Waals surface area contributed by atoms with Gasteiger partial charge < -0.3 is 19.3 Å². The molecule has 38 heavy (non-hydrogen) atoms. The molecule has 9 nitrogen and oxygen atoms in total. The lowest BCUT2D eigenvalue weighted by Gasteiger charge is -2.23. The van der Waals surface area contributed by atoms with Crippen LogP contribution in [-0.4, -0.2) is 48.1 Å². The first-order chi connectivity index (χ1) is 18.3. The summed E-state index contributed by atoms with van der Waals surface area (Å²) in [6.45, 7) is 7.42. The van der Waals surface area contributed by atoms with Crippen LogP contribution in [0.5, 0.6) is 11.5 Å². The number of benzene rings is 2. The second kappa shape index (κ2) is 11.3. The van der Waals surface area contributed by atoms with Gasteiger partial charge in [-0.1, -0.05) is 36.1 Å². The highest BCUT2D eigenvalue weighted by molar-refractivity contribution is 7.17. The number of hydrogen-bond acceptors (Lipinski definition) is 9. The Morgan fingerprint density at radius 1 is 1.18 bits per heavy atom. The normalized spacial score (nSPS) is 16.4. The van der Waals surface area contributed by atoms with Gasteiger partial charge in [0.1, 0.15) is 28.7 Å². The van der Waals surface area contributed by atoms with E-state index < -0.39 is 23.7 Å². The third-order valence-electron chi connectivity index (χ3n) is 5.80. The van der Waals surface area contributed by atoms with Crippen molar-refractivity contribution in [1.29, 1.82) is 0 Å². The fourth-order valence-corrected chi connectivity index (χ4v) is 5.05. The maximum absolute atomic E-state index is 13.4. The van der Waals surface area contributed by atoms with Crippen LogP contribution < -0.4 is 14.4 Å². The summed E-state index contributed by atoms with van der Waals surface area (Å²) in [7, 11) is 1.52. The average Bonchev–Trinajstić information content (AvgIpc) is 3.43. The van der Waals surface area contributed by atoms with E-state index in [1.807, 2.05) is 6.92 Å². The minimum atomic E-state index is -1.03. The number of carbonyl (C=O) groups excluding carboxylic acids is 3. The second-order valence-electron chi connectivity index (χ2n) is 8.20. The van der Waals surface area contributed by atoms with Gasteiger partial charge >= 0.3 is 11.9 Å². The van der Waals surface area contributed by atoms with Gasteiger partial charge in [-0.05, 0) is 55.8 Å². The maximum Gasteiger partial charge on any atom is 0.350 e. The number of thiazole rings is 1. The number of Topliss-reactive ketones (excluding diaryl/α,β-unsaturated/α-hetero) is 1. The molecule has 1 amide bonds. The van der Waals surface area contributed by atoms with Crippen molar-refractivity contribution in [2.75, 3.05) is 25.2 Å². The highest BCUT2D eigenvalue weighted by atomic mass is 32.1. The first-order valence-corrected chi connectivity index (χ1v) is 12.6. The van der Waals surface area contributed by atoms with Crippen molar-refractivity contribution in [2.24, 2.45) is 0 Å². The molecule has 0 radical (unpaired) electrons. The van der Waals surface area contributed by atoms with Crippen LogP contribution in [-0.2, 0) is 14.3 Å². The van der Waals surface area contributed by atoms with E-state index in [9.17, 15) is 19.5 Å². The van der Waals surface area contributed by atoms with Gasteiger partial charge in [-0.2, -0.15) is 0 Å². The van der Waals surface area contributed by atoms with Crippen molar-refractivity contribution in [1.82, 2.24) is 4.98 Å². The van der Waals surface area contributed by atoms with E-state index in [1.54, 1.807) is 55.5 Å². The SMILES string of the molecule is C=CCOC(=O)c1sc(N2C(=O)C(=O)C(=C(O)c3ccc(OC)cc3)C2c2cccc(OCC)c2)nc1C. The Morgan fingerprint density at radius 2 is 1.92 bits per heavy atom. The van der Waals surface area contributed by atoms with E-state index in [0.717, 1.165) is 11.3 Å². The molecule has 3 aromatic rings. The molecule has 2 aromatic carbocycles. The highest BCUT2D eigenvalue weighted by Crippen LogP contribution is 2.44. The van der Waals surface area contributed by atoms with Gasteiger partial charge in [0.15, 0.2) is 5.13 Å². The van der Waals surface area contributed by atoms with Gasteiger partial charge in [0.25, 0.3) is 5.78 Å². The van der Waals surface area contributed by atoms with Gasteiger partial charge in [0, 0.05) is 5.56 Å². The Morgan fingerprint density at radius 3 is 2.58 bits per heavy atom. The Labute approximate surface area is 223 Å². The molecule has 0 bridgehead atoms. The minimum Gasteiger partial charge on any atom is -0.507 e. The fourth-order valence-electron chi connectivity index (χ4n) is 4.07. The lowest BCUT2D eigenvalue weighted by molar-refractivity contribution is -0.132. The molecule has 10 heteroatoms. The summed E-state index contributed by atoms with van der Waals surface area (Å²) in [6.07, 6.45) is 1.44. The number of carbonyl (C=O) groups is 3. The number of aliphatic hydroxyl groups is 1. The number of rotatable bonds is 9. The Bertz CT molecular complexity index is 1430. The number of hydrogen-bond donors (Lipinski definition) is 1. The number of anilines is 1.